The van der Waals surface area contributed by atoms with E-state index < -0.39 is 0 Å². The third-order valence-corrected chi connectivity index (χ3v) is 4.43. The number of piperidine rings is 1. The van der Waals surface area contributed by atoms with E-state index >= 15 is 0 Å². The predicted molar refractivity (Wildman–Crippen MR) is 109 cm³/mol. The van der Waals surface area contributed by atoms with E-state index in [0.29, 0.717) is 29.2 Å². The van der Waals surface area contributed by atoms with Gasteiger partial charge in [-0.1, -0.05) is 6.07 Å². The Hall–Kier alpha value is -3.10. The van der Waals surface area contributed by atoms with Gasteiger partial charge in [0.25, 0.3) is 0 Å². The summed E-state index contributed by atoms with van der Waals surface area (Å²) in [5, 5.41) is 5.58. The maximum Gasteiger partial charge on any atom is 0.319 e. The predicted octanol–water partition coefficient (Wildman–Crippen LogP) is 2.26. The van der Waals surface area contributed by atoms with Crippen LogP contribution in [-0.2, 0) is 6.54 Å². The van der Waals surface area contributed by atoms with Crippen molar-refractivity contribution in [1.29, 1.82) is 0 Å². The van der Waals surface area contributed by atoms with E-state index in [1.807, 2.05) is 31.1 Å². The molecule has 1 fully saturated rings. The van der Waals surface area contributed by atoms with Crippen molar-refractivity contribution in [1.82, 2.24) is 20.3 Å². The van der Waals surface area contributed by atoms with E-state index in [4.69, 9.17) is 4.74 Å². The molecule has 1 aromatic carbocycles. The average Bonchev–Trinajstić information content (AvgIpc) is 2.73. The SMILES string of the molecule is COc1cccc(NC(=O)NCc2nc(N(C)C)nc(N3CCCCC3)n2)c1. The molecule has 9 heteroatoms. The van der Waals surface area contributed by atoms with Gasteiger partial charge in [-0.25, -0.2) is 4.79 Å². The molecule has 0 spiro atoms. The highest BCUT2D eigenvalue weighted by atomic mass is 16.5. The molecule has 0 aliphatic carbocycles. The van der Waals surface area contributed by atoms with Gasteiger partial charge in [0.2, 0.25) is 11.9 Å². The van der Waals surface area contributed by atoms with E-state index in [9.17, 15) is 4.79 Å². The first-order valence-electron chi connectivity index (χ1n) is 9.41. The first-order valence-corrected chi connectivity index (χ1v) is 9.41. The zero-order valence-electron chi connectivity index (χ0n) is 16.6. The first-order chi connectivity index (χ1) is 13.5. The van der Waals surface area contributed by atoms with Crippen molar-refractivity contribution in [3.63, 3.8) is 0 Å². The lowest BCUT2D eigenvalue weighted by molar-refractivity contribution is 0.251. The summed E-state index contributed by atoms with van der Waals surface area (Å²) >= 11 is 0. The molecular formula is C19H27N7O2. The standard InChI is InChI=1S/C19H27N7O2/c1-25(2)17-22-16(23-18(24-17)26-10-5-4-6-11-26)13-20-19(27)21-14-8-7-9-15(12-14)28-3/h7-9,12H,4-6,10-11,13H2,1-3H3,(H2,20,21,27). The molecule has 2 heterocycles. The van der Waals surface area contributed by atoms with E-state index in [2.05, 4.69) is 30.5 Å². The number of ether oxygens (including phenoxy) is 1. The molecule has 150 valence electrons. The highest BCUT2D eigenvalue weighted by Gasteiger charge is 2.17. The van der Waals surface area contributed by atoms with Crippen molar-refractivity contribution in [3.8, 4) is 5.75 Å². The number of benzene rings is 1. The molecule has 0 unspecified atom stereocenters. The summed E-state index contributed by atoms with van der Waals surface area (Å²) in [6.07, 6.45) is 3.51. The van der Waals surface area contributed by atoms with Gasteiger partial charge in [0.1, 0.15) is 5.75 Å². The fraction of sp³-hybridized carbons (Fsp3) is 0.474. The number of carbonyl (C=O) groups is 1. The minimum absolute atomic E-state index is 0.208. The van der Waals surface area contributed by atoms with Gasteiger partial charge in [0, 0.05) is 38.9 Å². The molecule has 0 saturated carbocycles. The zero-order valence-corrected chi connectivity index (χ0v) is 16.6. The van der Waals surface area contributed by atoms with E-state index in [0.717, 1.165) is 25.9 Å². The minimum atomic E-state index is -0.334. The molecule has 2 N–H and O–H groups in total. The molecule has 9 nitrogen and oxygen atoms in total. The third kappa shape index (κ3) is 5.21. The number of amides is 2. The van der Waals surface area contributed by atoms with Crippen LogP contribution in [0.25, 0.3) is 0 Å². The van der Waals surface area contributed by atoms with Crippen LogP contribution in [0.15, 0.2) is 24.3 Å². The number of hydrogen-bond donors (Lipinski definition) is 2. The van der Waals surface area contributed by atoms with Crippen LogP contribution in [0.4, 0.5) is 22.4 Å². The number of nitrogens with one attached hydrogen (secondary N) is 2. The van der Waals surface area contributed by atoms with Crippen molar-refractivity contribution in [2.75, 3.05) is 49.4 Å². The molecule has 2 amide bonds. The van der Waals surface area contributed by atoms with E-state index in [1.54, 1.807) is 19.2 Å². The first kappa shape index (κ1) is 19.7. The molecule has 2 aromatic rings. The van der Waals surface area contributed by atoms with Crippen LogP contribution in [-0.4, -0.2) is 55.3 Å². The largest absolute Gasteiger partial charge is 0.497 e. The van der Waals surface area contributed by atoms with Gasteiger partial charge >= 0.3 is 6.03 Å². The molecule has 0 bridgehead atoms. The maximum atomic E-state index is 12.2. The highest BCUT2D eigenvalue weighted by Crippen LogP contribution is 2.18. The van der Waals surface area contributed by atoms with Crippen LogP contribution in [0.5, 0.6) is 5.75 Å². The zero-order chi connectivity index (χ0) is 19.9. The van der Waals surface area contributed by atoms with E-state index in [-0.39, 0.29) is 12.6 Å². The number of anilines is 3. The van der Waals surface area contributed by atoms with Crippen LogP contribution >= 0.6 is 0 Å². The molecule has 0 atom stereocenters. The normalized spacial score (nSPS) is 13.8. The Morgan fingerprint density at radius 2 is 1.96 bits per heavy atom. The molecule has 1 aliphatic heterocycles. The van der Waals surface area contributed by atoms with Gasteiger partial charge in [-0.15, -0.1) is 0 Å². The number of nitrogens with zero attached hydrogens (tertiary/aromatic N) is 5. The van der Waals surface area contributed by atoms with Crippen molar-refractivity contribution in [2.45, 2.75) is 25.8 Å². The lowest BCUT2D eigenvalue weighted by atomic mass is 10.1. The molecular weight excluding hydrogens is 358 g/mol. The van der Waals surface area contributed by atoms with Crippen LogP contribution < -0.4 is 25.2 Å². The smallest absolute Gasteiger partial charge is 0.319 e. The highest BCUT2D eigenvalue weighted by molar-refractivity contribution is 5.89. The fourth-order valence-corrected chi connectivity index (χ4v) is 2.95. The molecule has 0 radical (unpaired) electrons. The van der Waals surface area contributed by atoms with Crippen molar-refractivity contribution >= 4 is 23.6 Å². The Morgan fingerprint density at radius 3 is 2.68 bits per heavy atom. The molecule has 28 heavy (non-hydrogen) atoms. The van der Waals surface area contributed by atoms with Gasteiger partial charge in [-0.2, -0.15) is 15.0 Å². The summed E-state index contributed by atoms with van der Waals surface area (Å²) in [7, 11) is 5.37. The van der Waals surface area contributed by atoms with Crippen molar-refractivity contribution in [3.05, 3.63) is 30.1 Å². The van der Waals surface area contributed by atoms with Gasteiger partial charge in [-0.05, 0) is 31.4 Å². The quantitative estimate of drug-likeness (QED) is 0.787. The van der Waals surface area contributed by atoms with Crippen LogP contribution in [0.3, 0.4) is 0 Å². The topological polar surface area (TPSA) is 95.5 Å². The second-order valence-electron chi connectivity index (χ2n) is 6.83. The molecule has 1 saturated heterocycles. The summed E-state index contributed by atoms with van der Waals surface area (Å²) in [6, 6.07) is 6.85. The summed E-state index contributed by atoms with van der Waals surface area (Å²) in [5.74, 6) is 2.46. The minimum Gasteiger partial charge on any atom is -0.497 e. The lowest BCUT2D eigenvalue weighted by Crippen LogP contribution is -2.33. The number of hydrogen-bond acceptors (Lipinski definition) is 7. The third-order valence-electron chi connectivity index (χ3n) is 4.43. The molecule has 1 aromatic heterocycles. The summed E-state index contributed by atoms with van der Waals surface area (Å²) in [5.41, 5.74) is 0.649. The molecule has 1 aliphatic rings. The van der Waals surface area contributed by atoms with E-state index in [1.165, 1.54) is 6.42 Å². The number of methoxy groups -OCH3 is 1. The maximum absolute atomic E-state index is 12.2. The Labute approximate surface area is 165 Å². The summed E-state index contributed by atoms with van der Waals surface area (Å²) in [6.45, 7) is 2.10. The number of aromatic nitrogens is 3. The Morgan fingerprint density at radius 1 is 1.18 bits per heavy atom. The Balaban J connectivity index is 1.66. The Kier molecular flexibility index (Phi) is 6.46. The van der Waals surface area contributed by atoms with Gasteiger partial charge in [0.05, 0.1) is 13.7 Å². The van der Waals surface area contributed by atoms with Gasteiger partial charge in [-0.3, -0.25) is 0 Å². The number of rotatable bonds is 6. The number of urea groups is 1. The van der Waals surface area contributed by atoms with Crippen LogP contribution in [0.2, 0.25) is 0 Å². The fourth-order valence-electron chi connectivity index (χ4n) is 2.95. The van der Waals surface area contributed by atoms with Gasteiger partial charge < -0.3 is 25.2 Å². The van der Waals surface area contributed by atoms with Crippen molar-refractivity contribution < 1.29 is 9.53 Å². The van der Waals surface area contributed by atoms with Crippen molar-refractivity contribution in [2.24, 2.45) is 0 Å². The van der Waals surface area contributed by atoms with Crippen LogP contribution in [0.1, 0.15) is 25.1 Å². The van der Waals surface area contributed by atoms with Crippen LogP contribution in [0, 0.1) is 0 Å². The second-order valence-corrected chi connectivity index (χ2v) is 6.83. The monoisotopic (exact) mass is 385 g/mol. The number of carbonyl (C=O) groups excluding carboxylic acids is 1. The lowest BCUT2D eigenvalue weighted by Gasteiger charge is -2.27. The average molecular weight is 385 g/mol. The Bertz CT molecular complexity index is 807. The molecule has 3 rings (SSSR count). The van der Waals surface area contributed by atoms with Gasteiger partial charge in [0.15, 0.2) is 5.82 Å². The second kappa shape index (κ2) is 9.20. The summed E-state index contributed by atoms with van der Waals surface area (Å²) < 4.78 is 5.16. The summed E-state index contributed by atoms with van der Waals surface area (Å²) in [4.78, 5) is 29.8.